The van der Waals surface area contributed by atoms with Gasteiger partial charge in [0.2, 0.25) is 11.8 Å². The van der Waals surface area contributed by atoms with Crippen molar-refractivity contribution in [3.8, 4) is 0 Å². The Morgan fingerprint density at radius 1 is 1.21 bits per heavy atom. The number of aromatic nitrogens is 3. The Kier molecular flexibility index (Phi) is 5.60. The molecule has 0 spiro atoms. The summed E-state index contributed by atoms with van der Waals surface area (Å²) < 4.78 is 1.11. The first kappa shape index (κ1) is 22.8. The molecule has 3 aliphatic rings. The van der Waals surface area contributed by atoms with Crippen LogP contribution in [0.25, 0.3) is 0 Å². The number of benzene rings is 1. The maximum absolute atomic E-state index is 13.3. The van der Waals surface area contributed by atoms with Crippen LogP contribution in [-0.2, 0) is 22.7 Å². The number of alkyl halides is 2. The van der Waals surface area contributed by atoms with Crippen LogP contribution in [0.4, 0.5) is 5.69 Å². The molecule has 0 radical (unpaired) electrons. The number of aryl methyl sites for hydroxylation is 1. The highest BCUT2D eigenvalue weighted by Gasteiger charge is 2.51. The molecule has 1 saturated carbocycles. The van der Waals surface area contributed by atoms with E-state index < -0.39 is 34.0 Å². The molecule has 2 aromatic rings. The molecule has 1 saturated heterocycles. The lowest BCUT2D eigenvalue weighted by Gasteiger charge is -2.28. The van der Waals surface area contributed by atoms with Crippen molar-refractivity contribution >= 4 is 52.5 Å². The number of rotatable bonds is 7. The van der Waals surface area contributed by atoms with Crippen molar-refractivity contribution in [1.29, 1.82) is 0 Å². The van der Waals surface area contributed by atoms with Gasteiger partial charge in [-0.15, -0.1) is 28.3 Å². The molecule has 178 valence electrons. The van der Waals surface area contributed by atoms with Crippen molar-refractivity contribution < 1.29 is 19.2 Å². The second kappa shape index (κ2) is 8.35. The van der Waals surface area contributed by atoms with E-state index in [2.05, 4.69) is 15.6 Å². The summed E-state index contributed by atoms with van der Waals surface area (Å²) in [5.41, 5.74) is 1.71. The molecule has 1 aromatic heterocycles. The number of piperidine rings is 1. The molecule has 1 aliphatic carbocycles. The third-order valence-corrected chi connectivity index (χ3v) is 7.43. The number of nitrogens with one attached hydrogen (secondary N) is 1. The van der Waals surface area contributed by atoms with Gasteiger partial charge in [-0.1, -0.05) is 11.3 Å². The van der Waals surface area contributed by atoms with E-state index in [0.717, 1.165) is 17.7 Å². The van der Waals surface area contributed by atoms with Gasteiger partial charge in [0.1, 0.15) is 16.1 Å². The fraction of sp³-hybridized carbons (Fsp3) is 0.455. The third-order valence-electron chi connectivity index (χ3n) is 6.50. The summed E-state index contributed by atoms with van der Waals surface area (Å²) >= 11 is 12.2. The Bertz CT molecular complexity index is 1210. The van der Waals surface area contributed by atoms with Gasteiger partial charge >= 0.3 is 0 Å². The number of imide groups is 2. The van der Waals surface area contributed by atoms with Crippen LogP contribution < -0.4 is 10.2 Å². The molecule has 1 aromatic carbocycles. The molecule has 10 nitrogen and oxygen atoms in total. The summed E-state index contributed by atoms with van der Waals surface area (Å²) in [6.45, 7) is 1.01. The number of fused-ring (bicyclic) bond motifs is 1. The van der Waals surface area contributed by atoms with Crippen molar-refractivity contribution in [2.24, 2.45) is 5.92 Å². The van der Waals surface area contributed by atoms with Crippen LogP contribution >= 0.6 is 23.2 Å². The van der Waals surface area contributed by atoms with Gasteiger partial charge in [0.25, 0.3) is 11.8 Å². The number of hydrogen-bond donors (Lipinski definition) is 1. The first-order chi connectivity index (χ1) is 16.2. The van der Waals surface area contributed by atoms with Crippen LogP contribution in [0.1, 0.15) is 52.1 Å². The molecule has 2 unspecified atom stereocenters. The molecular weight excluding hydrogens is 483 g/mol. The quantitative estimate of drug-likeness (QED) is 0.451. The van der Waals surface area contributed by atoms with E-state index in [9.17, 15) is 19.2 Å². The van der Waals surface area contributed by atoms with Crippen LogP contribution in [0, 0.1) is 5.92 Å². The zero-order valence-electron chi connectivity index (χ0n) is 18.3. The molecule has 2 atom stereocenters. The number of halogens is 2. The van der Waals surface area contributed by atoms with Crippen LogP contribution in [0.5, 0.6) is 0 Å². The van der Waals surface area contributed by atoms with Crippen LogP contribution in [-0.4, -0.2) is 60.9 Å². The van der Waals surface area contributed by atoms with E-state index >= 15 is 0 Å². The van der Waals surface area contributed by atoms with Crippen LogP contribution in [0.3, 0.4) is 0 Å². The molecule has 2 aliphatic heterocycles. The lowest BCUT2D eigenvalue weighted by Crippen LogP contribution is -2.54. The second-order valence-electron chi connectivity index (χ2n) is 8.93. The summed E-state index contributed by atoms with van der Waals surface area (Å²) in [7, 11) is 1.79. The van der Waals surface area contributed by atoms with E-state index in [1.165, 1.54) is 0 Å². The highest BCUT2D eigenvalue weighted by molar-refractivity contribution is 6.50. The highest BCUT2D eigenvalue weighted by atomic mass is 35.5. The average Bonchev–Trinajstić information content (AvgIpc) is 3.07. The van der Waals surface area contributed by atoms with Gasteiger partial charge < -0.3 is 4.90 Å². The van der Waals surface area contributed by atoms with Crippen molar-refractivity contribution in [2.45, 2.75) is 49.1 Å². The first-order valence-corrected chi connectivity index (χ1v) is 11.7. The molecule has 12 heteroatoms. The minimum atomic E-state index is -1.01. The normalized spacial score (nSPS) is 23.2. The monoisotopic (exact) mass is 504 g/mol. The Morgan fingerprint density at radius 3 is 2.68 bits per heavy atom. The van der Waals surface area contributed by atoms with E-state index in [0.29, 0.717) is 24.5 Å². The van der Waals surface area contributed by atoms with Gasteiger partial charge in [0.05, 0.1) is 29.6 Å². The topological polar surface area (TPSA) is 118 Å². The number of carbonyl (C=O) groups is 4. The molecule has 5 rings (SSSR count). The van der Waals surface area contributed by atoms with E-state index in [1.807, 2.05) is 11.1 Å². The number of anilines is 1. The van der Waals surface area contributed by atoms with Gasteiger partial charge in [-0.2, -0.15) is 0 Å². The molecule has 3 heterocycles. The number of carbonyl (C=O) groups excluding carboxylic acids is 4. The fourth-order valence-electron chi connectivity index (χ4n) is 4.53. The smallest absolute Gasteiger partial charge is 0.264 e. The summed E-state index contributed by atoms with van der Waals surface area (Å²) in [6, 6.07) is 4.01. The Labute approximate surface area is 205 Å². The fourth-order valence-corrected chi connectivity index (χ4v) is 5.13. The average molecular weight is 505 g/mol. The minimum absolute atomic E-state index is 0.0732. The summed E-state index contributed by atoms with van der Waals surface area (Å²) in [5, 5.41) is 10.6. The highest BCUT2D eigenvalue weighted by Crippen LogP contribution is 2.55. The van der Waals surface area contributed by atoms with Crippen molar-refractivity contribution in [1.82, 2.24) is 25.2 Å². The SMILES string of the molecule is CN(Cc1cn(CCC2CC2(Cl)Cl)nn1)c1cccc2c1C(=O)N(C1CCC(=O)NC1=O)C2=O. The zero-order chi connectivity index (χ0) is 24.2. The van der Waals surface area contributed by atoms with Crippen molar-refractivity contribution in [3.05, 3.63) is 41.2 Å². The minimum Gasteiger partial charge on any atom is -0.368 e. The maximum atomic E-state index is 13.3. The summed E-state index contributed by atoms with van der Waals surface area (Å²) in [6.07, 6.45) is 3.60. The Morgan fingerprint density at radius 2 is 1.97 bits per heavy atom. The lowest BCUT2D eigenvalue weighted by atomic mass is 10.0. The summed E-state index contributed by atoms with van der Waals surface area (Å²) in [4.78, 5) is 52.9. The second-order valence-corrected chi connectivity index (χ2v) is 10.5. The largest absolute Gasteiger partial charge is 0.368 e. The molecule has 34 heavy (non-hydrogen) atoms. The third kappa shape index (κ3) is 4.05. The van der Waals surface area contributed by atoms with E-state index in [4.69, 9.17) is 23.2 Å². The number of hydrogen-bond acceptors (Lipinski definition) is 7. The molecule has 2 fully saturated rings. The lowest BCUT2D eigenvalue weighted by molar-refractivity contribution is -0.136. The van der Waals surface area contributed by atoms with Gasteiger partial charge in [0.15, 0.2) is 0 Å². The Hall–Kier alpha value is -2.98. The standard InChI is InChI=1S/C22H22Cl2N6O4/c1-28(10-13-11-29(27-26-13)8-7-12-9-22(12,23)24)15-4-2-3-14-18(15)21(34)30(20(14)33)16-5-6-17(31)25-19(16)32/h2-4,11-12,16H,5-10H2,1H3,(H,25,31,32). The van der Waals surface area contributed by atoms with Crippen LogP contribution in [0.15, 0.2) is 24.4 Å². The van der Waals surface area contributed by atoms with Gasteiger partial charge in [-0.25, -0.2) is 0 Å². The predicted molar refractivity (Wildman–Crippen MR) is 122 cm³/mol. The molecule has 0 bridgehead atoms. The molecular formula is C22H22Cl2N6O4. The zero-order valence-corrected chi connectivity index (χ0v) is 19.8. The van der Waals surface area contributed by atoms with Crippen LogP contribution in [0.2, 0.25) is 0 Å². The van der Waals surface area contributed by atoms with Gasteiger partial charge in [-0.05, 0) is 37.3 Å². The number of amides is 4. The van der Waals surface area contributed by atoms with Crippen molar-refractivity contribution in [2.75, 3.05) is 11.9 Å². The predicted octanol–water partition coefficient (Wildman–Crippen LogP) is 1.90. The van der Waals surface area contributed by atoms with Crippen molar-refractivity contribution in [3.63, 3.8) is 0 Å². The van der Waals surface area contributed by atoms with E-state index in [1.54, 1.807) is 29.9 Å². The van der Waals surface area contributed by atoms with E-state index in [-0.39, 0.29) is 29.9 Å². The maximum Gasteiger partial charge on any atom is 0.264 e. The summed E-state index contributed by atoms with van der Waals surface area (Å²) in [5.74, 6) is -1.87. The molecule has 1 N–H and O–H groups in total. The first-order valence-electron chi connectivity index (χ1n) is 11.0. The molecule has 4 amide bonds. The number of nitrogens with zero attached hydrogens (tertiary/aromatic N) is 5. The Balaban J connectivity index is 1.31. The van der Waals surface area contributed by atoms with Gasteiger partial charge in [-0.3, -0.25) is 34.1 Å². The van der Waals surface area contributed by atoms with Gasteiger partial charge in [0, 0.05) is 20.0 Å².